The number of ether oxygens (including phenoxy) is 1. The van der Waals surface area contributed by atoms with Crippen LogP contribution in [0.3, 0.4) is 0 Å². The number of carbonyl (C=O) groups excluding carboxylic acids is 2. The molecule has 1 unspecified atom stereocenters. The fraction of sp³-hybridized carbons (Fsp3) is 0.167. The molecule has 152 valence electrons. The Kier molecular flexibility index (Phi) is 5.77. The van der Waals surface area contributed by atoms with Gasteiger partial charge in [0.25, 0.3) is 5.91 Å². The molecule has 6 heteroatoms. The van der Waals surface area contributed by atoms with E-state index < -0.39 is 0 Å². The van der Waals surface area contributed by atoms with Crippen molar-refractivity contribution < 1.29 is 14.3 Å². The van der Waals surface area contributed by atoms with Crippen molar-refractivity contribution >= 4 is 35.0 Å². The third-order valence-corrected chi connectivity index (χ3v) is 6.26. The van der Waals surface area contributed by atoms with Gasteiger partial charge in [-0.3, -0.25) is 14.5 Å². The van der Waals surface area contributed by atoms with Crippen LogP contribution in [0.1, 0.15) is 26.9 Å². The number of benzene rings is 3. The molecule has 3 aromatic carbocycles. The van der Waals surface area contributed by atoms with Gasteiger partial charge in [0.15, 0.2) is 0 Å². The van der Waals surface area contributed by atoms with Crippen LogP contribution in [0.15, 0.2) is 72.8 Å². The molecule has 0 saturated carbocycles. The van der Waals surface area contributed by atoms with E-state index in [1.165, 1.54) is 0 Å². The molecule has 1 aliphatic heterocycles. The van der Waals surface area contributed by atoms with E-state index in [2.05, 4.69) is 5.32 Å². The molecular formula is C24H22N2O3S. The molecule has 1 atom stereocenters. The van der Waals surface area contributed by atoms with Crippen LogP contribution in [0.5, 0.6) is 5.75 Å². The second-order valence-corrected chi connectivity index (χ2v) is 8.05. The standard InChI is InChI=1S/C24H22N2O3S/c1-16-7-3-6-10-21(16)26-22(27)15-30-24(26)19-8-4-5-9-20(19)25-23(28)17-11-13-18(29-2)14-12-17/h3-14,24H,15H2,1-2H3,(H,25,28). The van der Waals surface area contributed by atoms with Crippen molar-refractivity contribution in [3.8, 4) is 5.75 Å². The number of hydrogen-bond acceptors (Lipinski definition) is 4. The van der Waals surface area contributed by atoms with Gasteiger partial charge in [-0.2, -0.15) is 0 Å². The Morgan fingerprint density at radius 3 is 2.47 bits per heavy atom. The van der Waals surface area contributed by atoms with Gasteiger partial charge in [0, 0.05) is 22.5 Å². The molecule has 3 aromatic rings. The van der Waals surface area contributed by atoms with Crippen molar-refractivity contribution in [3.05, 3.63) is 89.5 Å². The van der Waals surface area contributed by atoms with Crippen molar-refractivity contribution in [1.82, 2.24) is 0 Å². The predicted octanol–water partition coefficient (Wildman–Crippen LogP) is 5.03. The summed E-state index contributed by atoms with van der Waals surface area (Å²) in [5.74, 6) is 0.957. The molecule has 0 aliphatic carbocycles. The smallest absolute Gasteiger partial charge is 0.255 e. The summed E-state index contributed by atoms with van der Waals surface area (Å²) < 4.78 is 5.16. The Hall–Kier alpha value is -3.25. The highest BCUT2D eigenvalue weighted by molar-refractivity contribution is 8.00. The van der Waals surface area contributed by atoms with E-state index in [0.29, 0.717) is 22.8 Å². The summed E-state index contributed by atoms with van der Waals surface area (Å²) in [6, 6.07) is 22.5. The normalized spacial score (nSPS) is 15.9. The third-order valence-electron chi connectivity index (χ3n) is 5.07. The van der Waals surface area contributed by atoms with E-state index in [1.807, 2.05) is 60.4 Å². The van der Waals surface area contributed by atoms with E-state index in [1.54, 1.807) is 43.1 Å². The molecule has 30 heavy (non-hydrogen) atoms. The van der Waals surface area contributed by atoms with Gasteiger partial charge in [-0.25, -0.2) is 0 Å². The first-order valence-corrected chi connectivity index (χ1v) is 10.7. The maximum atomic E-state index is 12.8. The number of nitrogens with one attached hydrogen (secondary N) is 1. The molecule has 0 bridgehead atoms. The molecule has 1 heterocycles. The van der Waals surface area contributed by atoms with Crippen molar-refractivity contribution in [1.29, 1.82) is 0 Å². The molecule has 1 saturated heterocycles. The van der Waals surface area contributed by atoms with Crippen LogP contribution in [0.2, 0.25) is 0 Å². The van der Waals surface area contributed by atoms with Crippen LogP contribution in [0.4, 0.5) is 11.4 Å². The summed E-state index contributed by atoms with van der Waals surface area (Å²) in [5.41, 5.74) is 4.07. The van der Waals surface area contributed by atoms with E-state index >= 15 is 0 Å². The first kappa shape index (κ1) is 20.0. The van der Waals surface area contributed by atoms with Gasteiger partial charge >= 0.3 is 0 Å². The van der Waals surface area contributed by atoms with Crippen molar-refractivity contribution in [2.24, 2.45) is 0 Å². The Labute approximate surface area is 180 Å². The third kappa shape index (κ3) is 3.91. The quantitative estimate of drug-likeness (QED) is 0.631. The first-order chi connectivity index (χ1) is 14.6. The molecule has 1 fully saturated rings. The highest BCUT2D eigenvalue weighted by atomic mass is 32.2. The minimum Gasteiger partial charge on any atom is -0.497 e. The minimum absolute atomic E-state index is 0.0654. The number of hydrogen-bond donors (Lipinski definition) is 1. The first-order valence-electron chi connectivity index (χ1n) is 9.62. The lowest BCUT2D eigenvalue weighted by molar-refractivity contribution is -0.115. The van der Waals surface area contributed by atoms with Crippen molar-refractivity contribution in [2.75, 3.05) is 23.1 Å². The van der Waals surface area contributed by atoms with E-state index in [0.717, 1.165) is 16.8 Å². The van der Waals surface area contributed by atoms with Gasteiger partial charge in [0.1, 0.15) is 11.1 Å². The lowest BCUT2D eigenvalue weighted by Crippen LogP contribution is -2.29. The SMILES string of the molecule is COc1ccc(C(=O)Nc2ccccc2C2SCC(=O)N2c2ccccc2C)cc1. The van der Waals surface area contributed by atoms with E-state index in [-0.39, 0.29) is 17.2 Å². The highest BCUT2D eigenvalue weighted by Crippen LogP contribution is 2.45. The van der Waals surface area contributed by atoms with Crippen LogP contribution in [0.25, 0.3) is 0 Å². The molecule has 0 spiro atoms. The largest absolute Gasteiger partial charge is 0.497 e. The fourth-order valence-electron chi connectivity index (χ4n) is 3.51. The Morgan fingerprint density at radius 1 is 1.03 bits per heavy atom. The summed E-state index contributed by atoms with van der Waals surface area (Å²) >= 11 is 1.57. The predicted molar refractivity (Wildman–Crippen MR) is 121 cm³/mol. The summed E-state index contributed by atoms with van der Waals surface area (Å²) in [6.45, 7) is 2.00. The summed E-state index contributed by atoms with van der Waals surface area (Å²) in [6.07, 6.45) is 0. The van der Waals surface area contributed by atoms with Gasteiger partial charge in [-0.05, 0) is 48.9 Å². The lowest BCUT2D eigenvalue weighted by atomic mass is 10.1. The number of amides is 2. The van der Waals surface area contributed by atoms with Gasteiger partial charge < -0.3 is 10.1 Å². The molecule has 0 aromatic heterocycles. The average molecular weight is 419 g/mol. The van der Waals surface area contributed by atoms with Crippen LogP contribution in [-0.2, 0) is 4.79 Å². The molecule has 1 aliphatic rings. The van der Waals surface area contributed by atoms with Crippen LogP contribution in [0, 0.1) is 6.92 Å². The average Bonchev–Trinajstić information content (AvgIpc) is 3.15. The molecule has 1 N–H and O–H groups in total. The van der Waals surface area contributed by atoms with Gasteiger partial charge in [-0.15, -0.1) is 11.8 Å². The Balaban J connectivity index is 1.64. The second-order valence-electron chi connectivity index (χ2n) is 6.98. The van der Waals surface area contributed by atoms with Crippen LogP contribution in [-0.4, -0.2) is 24.7 Å². The maximum absolute atomic E-state index is 12.8. The number of thioether (sulfide) groups is 1. The Bertz CT molecular complexity index is 1080. The molecule has 2 amide bonds. The number of aryl methyl sites for hydroxylation is 1. The number of rotatable bonds is 5. The van der Waals surface area contributed by atoms with Gasteiger partial charge in [0.05, 0.1) is 12.9 Å². The monoisotopic (exact) mass is 418 g/mol. The number of para-hydroxylation sites is 2. The zero-order valence-corrected chi connectivity index (χ0v) is 17.6. The van der Waals surface area contributed by atoms with E-state index in [4.69, 9.17) is 4.74 Å². The highest BCUT2D eigenvalue weighted by Gasteiger charge is 2.36. The molecule has 5 nitrogen and oxygen atoms in total. The molecule has 0 radical (unpaired) electrons. The topological polar surface area (TPSA) is 58.6 Å². The number of methoxy groups -OCH3 is 1. The van der Waals surface area contributed by atoms with Crippen molar-refractivity contribution in [2.45, 2.75) is 12.3 Å². The van der Waals surface area contributed by atoms with Gasteiger partial charge in [0.2, 0.25) is 5.91 Å². The molecule has 4 rings (SSSR count). The van der Waals surface area contributed by atoms with Crippen molar-refractivity contribution in [3.63, 3.8) is 0 Å². The summed E-state index contributed by atoms with van der Waals surface area (Å²) in [7, 11) is 1.59. The summed E-state index contributed by atoms with van der Waals surface area (Å²) in [5, 5.41) is 2.81. The maximum Gasteiger partial charge on any atom is 0.255 e. The fourth-order valence-corrected chi connectivity index (χ4v) is 4.72. The Morgan fingerprint density at radius 2 is 1.73 bits per heavy atom. The number of carbonyl (C=O) groups is 2. The van der Waals surface area contributed by atoms with Crippen LogP contribution >= 0.6 is 11.8 Å². The lowest BCUT2D eigenvalue weighted by Gasteiger charge is -2.27. The van der Waals surface area contributed by atoms with Gasteiger partial charge in [-0.1, -0.05) is 36.4 Å². The van der Waals surface area contributed by atoms with Crippen LogP contribution < -0.4 is 15.0 Å². The number of nitrogens with zero attached hydrogens (tertiary/aromatic N) is 1. The van der Waals surface area contributed by atoms with E-state index in [9.17, 15) is 9.59 Å². The second kappa shape index (κ2) is 8.63. The minimum atomic E-state index is -0.207. The zero-order valence-electron chi connectivity index (χ0n) is 16.8. The number of anilines is 2. The molecular weight excluding hydrogens is 396 g/mol. The summed E-state index contributed by atoms with van der Waals surface area (Å²) in [4.78, 5) is 27.4. The zero-order chi connectivity index (χ0) is 21.1.